The van der Waals surface area contributed by atoms with Crippen molar-refractivity contribution in [2.24, 2.45) is 0 Å². The van der Waals surface area contributed by atoms with E-state index in [4.69, 9.17) is 16.3 Å². The van der Waals surface area contributed by atoms with Crippen molar-refractivity contribution in [1.82, 2.24) is 9.80 Å². The average Bonchev–Trinajstić information content (AvgIpc) is 2.82. The van der Waals surface area contributed by atoms with Crippen molar-refractivity contribution in [3.05, 3.63) is 101 Å². The highest BCUT2D eigenvalue weighted by molar-refractivity contribution is 6.32. The largest absolute Gasteiger partial charge is 0.492 e. The van der Waals surface area contributed by atoms with Crippen molar-refractivity contribution in [3.63, 3.8) is 0 Å². The number of carbonyl (C=O) groups excluding carboxylic acids is 1. The number of amides is 1. The van der Waals surface area contributed by atoms with Gasteiger partial charge in [-0.1, -0.05) is 72.3 Å². The van der Waals surface area contributed by atoms with Crippen molar-refractivity contribution in [3.8, 4) is 5.75 Å². The van der Waals surface area contributed by atoms with Crippen molar-refractivity contribution in [2.45, 2.75) is 13.0 Å². The minimum absolute atomic E-state index is 0.0144. The molecular formula is C26H27ClN2O2. The molecule has 1 fully saturated rings. The molecule has 3 aromatic carbocycles. The summed E-state index contributed by atoms with van der Waals surface area (Å²) in [5, 5.41) is 0.472. The second-order valence-corrected chi connectivity index (χ2v) is 8.04. The summed E-state index contributed by atoms with van der Waals surface area (Å²) in [6.45, 7) is 5.43. The third-order valence-electron chi connectivity index (χ3n) is 5.68. The molecule has 160 valence electrons. The third kappa shape index (κ3) is 4.92. The molecule has 0 spiro atoms. The van der Waals surface area contributed by atoms with E-state index in [0.717, 1.165) is 13.1 Å². The lowest BCUT2D eigenvalue weighted by molar-refractivity contribution is 0.0597. The molecule has 0 radical (unpaired) electrons. The first-order chi connectivity index (χ1) is 15.2. The minimum atomic E-state index is 0.0144. The Bertz CT molecular complexity index is 963. The van der Waals surface area contributed by atoms with Gasteiger partial charge in [0.25, 0.3) is 5.91 Å². The van der Waals surface area contributed by atoms with Crippen LogP contribution >= 0.6 is 11.6 Å². The number of carbonyl (C=O) groups is 1. The van der Waals surface area contributed by atoms with Crippen LogP contribution in [-0.2, 0) is 0 Å². The van der Waals surface area contributed by atoms with E-state index in [9.17, 15) is 4.79 Å². The van der Waals surface area contributed by atoms with Crippen molar-refractivity contribution in [1.29, 1.82) is 0 Å². The Kier molecular flexibility index (Phi) is 6.90. The molecule has 1 aliphatic heterocycles. The fourth-order valence-corrected chi connectivity index (χ4v) is 4.39. The van der Waals surface area contributed by atoms with Gasteiger partial charge in [0.2, 0.25) is 0 Å². The second-order valence-electron chi connectivity index (χ2n) is 7.63. The molecule has 0 aromatic heterocycles. The molecule has 0 N–H and O–H groups in total. The Morgan fingerprint density at radius 3 is 2.00 bits per heavy atom. The predicted molar refractivity (Wildman–Crippen MR) is 125 cm³/mol. The predicted octanol–water partition coefficient (Wildman–Crippen LogP) is 5.29. The zero-order valence-electron chi connectivity index (χ0n) is 17.7. The molecule has 1 amide bonds. The highest BCUT2D eigenvalue weighted by Crippen LogP contribution is 2.30. The van der Waals surface area contributed by atoms with Gasteiger partial charge in [0.1, 0.15) is 5.75 Å². The maximum atomic E-state index is 13.0. The summed E-state index contributed by atoms with van der Waals surface area (Å²) >= 11 is 6.29. The number of hydrogen-bond donors (Lipinski definition) is 0. The van der Waals surface area contributed by atoms with Gasteiger partial charge >= 0.3 is 0 Å². The third-order valence-corrected chi connectivity index (χ3v) is 5.97. The van der Waals surface area contributed by atoms with Crippen LogP contribution in [0.25, 0.3) is 0 Å². The minimum Gasteiger partial charge on any atom is -0.492 e. The number of nitrogens with zero attached hydrogens (tertiary/aromatic N) is 2. The molecule has 31 heavy (non-hydrogen) atoms. The summed E-state index contributed by atoms with van der Waals surface area (Å²) in [4.78, 5) is 17.4. The lowest BCUT2D eigenvalue weighted by Crippen LogP contribution is -2.49. The van der Waals surface area contributed by atoms with E-state index in [-0.39, 0.29) is 11.9 Å². The summed E-state index contributed by atoms with van der Waals surface area (Å²) in [5.41, 5.74) is 3.14. The molecule has 0 saturated carbocycles. The maximum Gasteiger partial charge on any atom is 0.253 e. The van der Waals surface area contributed by atoms with Gasteiger partial charge in [-0.25, -0.2) is 0 Å². The monoisotopic (exact) mass is 434 g/mol. The quantitative estimate of drug-likeness (QED) is 0.528. The number of hydrogen-bond acceptors (Lipinski definition) is 3. The van der Waals surface area contributed by atoms with Crippen LogP contribution < -0.4 is 4.74 Å². The van der Waals surface area contributed by atoms with Gasteiger partial charge in [0.15, 0.2) is 0 Å². The van der Waals surface area contributed by atoms with Crippen LogP contribution in [0.3, 0.4) is 0 Å². The van der Waals surface area contributed by atoms with Gasteiger partial charge in [-0.2, -0.15) is 0 Å². The van der Waals surface area contributed by atoms with Crippen LogP contribution in [0.1, 0.15) is 34.5 Å². The Morgan fingerprint density at radius 1 is 0.903 bits per heavy atom. The molecule has 1 heterocycles. The second kappa shape index (κ2) is 9.99. The van der Waals surface area contributed by atoms with Crippen molar-refractivity contribution < 1.29 is 9.53 Å². The van der Waals surface area contributed by atoms with Crippen LogP contribution in [0.2, 0.25) is 5.02 Å². The standard InChI is InChI=1S/C26H27ClN2O2/c1-2-31-24-14-13-22(19-23(24)27)26(30)29-17-15-28(16-18-29)25(20-9-5-3-6-10-20)21-11-7-4-8-12-21/h3-14,19,25H,2,15-18H2,1H3. The summed E-state index contributed by atoms with van der Waals surface area (Å²) in [6.07, 6.45) is 0. The summed E-state index contributed by atoms with van der Waals surface area (Å²) < 4.78 is 5.48. The lowest BCUT2D eigenvalue weighted by Gasteiger charge is -2.39. The Morgan fingerprint density at radius 2 is 1.48 bits per heavy atom. The van der Waals surface area contributed by atoms with E-state index in [1.165, 1.54) is 11.1 Å². The topological polar surface area (TPSA) is 32.8 Å². The molecule has 4 rings (SSSR count). The smallest absolute Gasteiger partial charge is 0.253 e. The van der Waals surface area contributed by atoms with Crippen LogP contribution in [0.15, 0.2) is 78.9 Å². The molecule has 0 atom stereocenters. The van der Waals surface area contributed by atoms with Crippen molar-refractivity contribution in [2.75, 3.05) is 32.8 Å². The van der Waals surface area contributed by atoms with Gasteiger partial charge < -0.3 is 9.64 Å². The Balaban J connectivity index is 1.48. The van der Waals surface area contributed by atoms with Gasteiger partial charge in [-0.3, -0.25) is 9.69 Å². The Labute approximate surface area is 189 Å². The molecule has 0 unspecified atom stereocenters. The van der Waals surface area contributed by atoms with E-state index in [1.54, 1.807) is 18.2 Å². The number of halogens is 1. The molecule has 1 saturated heterocycles. The molecule has 0 aliphatic carbocycles. The number of rotatable bonds is 6. The average molecular weight is 435 g/mol. The van der Waals surface area contributed by atoms with Gasteiger partial charge in [-0.05, 0) is 36.2 Å². The SMILES string of the molecule is CCOc1ccc(C(=O)N2CCN(C(c3ccccc3)c3ccccc3)CC2)cc1Cl. The highest BCUT2D eigenvalue weighted by Gasteiger charge is 2.28. The number of piperazine rings is 1. The summed E-state index contributed by atoms with van der Waals surface area (Å²) in [6, 6.07) is 26.6. The van der Waals surface area contributed by atoms with Gasteiger partial charge in [0.05, 0.1) is 17.7 Å². The van der Waals surface area contributed by atoms with E-state index in [1.807, 2.05) is 24.0 Å². The summed E-state index contributed by atoms with van der Waals surface area (Å²) in [7, 11) is 0. The van der Waals surface area contributed by atoms with Gasteiger partial charge in [-0.15, -0.1) is 0 Å². The first-order valence-corrected chi connectivity index (χ1v) is 11.1. The molecule has 5 heteroatoms. The van der Waals surface area contributed by atoms with Gasteiger partial charge in [0, 0.05) is 31.7 Å². The number of ether oxygens (including phenoxy) is 1. The Hall–Kier alpha value is -2.82. The molecule has 0 bridgehead atoms. The van der Waals surface area contributed by atoms with E-state index < -0.39 is 0 Å². The molecule has 3 aromatic rings. The highest BCUT2D eigenvalue weighted by atomic mass is 35.5. The maximum absolute atomic E-state index is 13.0. The van der Waals surface area contributed by atoms with Crippen LogP contribution in [0.5, 0.6) is 5.75 Å². The zero-order valence-corrected chi connectivity index (χ0v) is 18.5. The molecule has 4 nitrogen and oxygen atoms in total. The van der Waals surface area contributed by atoms with E-state index in [2.05, 4.69) is 53.4 Å². The summed E-state index contributed by atoms with van der Waals surface area (Å²) in [5.74, 6) is 0.625. The molecular weight excluding hydrogens is 408 g/mol. The zero-order chi connectivity index (χ0) is 21.6. The van der Waals surface area contributed by atoms with Crippen LogP contribution in [0.4, 0.5) is 0 Å². The van der Waals surface area contributed by atoms with E-state index in [0.29, 0.717) is 36.0 Å². The lowest BCUT2D eigenvalue weighted by atomic mass is 9.96. The fourth-order valence-electron chi connectivity index (χ4n) is 4.16. The first kappa shape index (κ1) is 21.4. The van der Waals surface area contributed by atoms with Crippen LogP contribution in [0, 0.1) is 0 Å². The first-order valence-electron chi connectivity index (χ1n) is 10.7. The fraction of sp³-hybridized carbons (Fsp3) is 0.269. The molecule has 1 aliphatic rings. The normalized spacial score (nSPS) is 14.6. The van der Waals surface area contributed by atoms with E-state index >= 15 is 0 Å². The number of benzene rings is 3. The van der Waals surface area contributed by atoms with Crippen LogP contribution in [-0.4, -0.2) is 48.5 Å². The van der Waals surface area contributed by atoms with Crippen molar-refractivity contribution >= 4 is 17.5 Å².